The Kier molecular flexibility index (Phi) is 3.96. The van der Waals surface area contributed by atoms with Gasteiger partial charge in [0.1, 0.15) is 0 Å². The Morgan fingerprint density at radius 2 is 1.57 bits per heavy atom. The molecule has 0 radical (unpaired) electrons. The van der Waals surface area contributed by atoms with E-state index in [1.165, 1.54) is 12.8 Å². The lowest BCUT2D eigenvalue weighted by atomic mass is 9.88. The number of aliphatic hydroxyl groups is 1. The molecule has 0 aromatic rings. The van der Waals surface area contributed by atoms with E-state index in [1.807, 2.05) is 13.8 Å². The number of hydrogen-bond donors (Lipinski definition) is 1. The van der Waals surface area contributed by atoms with Crippen molar-refractivity contribution in [3.63, 3.8) is 0 Å². The lowest BCUT2D eigenvalue weighted by Crippen LogP contribution is -2.40. The summed E-state index contributed by atoms with van der Waals surface area (Å²) in [6.45, 7) is 8.37. The molecule has 0 amide bonds. The molecule has 2 heteroatoms. The Morgan fingerprint density at radius 3 is 1.93 bits per heavy atom. The summed E-state index contributed by atoms with van der Waals surface area (Å²) in [5.41, 5.74) is -0.0519. The normalized spacial score (nSPS) is 23.4. The third-order valence-electron chi connectivity index (χ3n) is 3.43. The Labute approximate surface area is 87.7 Å². The lowest BCUT2D eigenvalue weighted by molar-refractivity contribution is -0.216. The molecule has 14 heavy (non-hydrogen) atoms. The maximum atomic E-state index is 9.78. The van der Waals surface area contributed by atoms with Crippen LogP contribution in [0.15, 0.2) is 0 Å². The van der Waals surface area contributed by atoms with Gasteiger partial charge in [-0.2, -0.15) is 0 Å². The Hall–Kier alpha value is -0.0800. The van der Waals surface area contributed by atoms with Crippen LogP contribution in [0.3, 0.4) is 0 Å². The fraction of sp³-hybridized carbons (Fsp3) is 1.00. The first kappa shape index (κ1) is 12.0. The molecular formula is C12H24O2. The van der Waals surface area contributed by atoms with Crippen molar-refractivity contribution in [1.82, 2.24) is 0 Å². The van der Waals surface area contributed by atoms with Crippen molar-refractivity contribution in [3.8, 4) is 0 Å². The number of rotatable bonds is 4. The minimum Gasteiger partial charge on any atom is -0.368 e. The van der Waals surface area contributed by atoms with Crippen LogP contribution in [0.4, 0.5) is 0 Å². The SMILES string of the molecule is CC(C)C(O)OC1(C(C)C)CCCC1. The van der Waals surface area contributed by atoms with Gasteiger partial charge in [-0.1, -0.05) is 40.5 Å². The molecule has 1 fully saturated rings. The third-order valence-corrected chi connectivity index (χ3v) is 3.43. The molecular weight excluding hydrogens is 176 g/mol. The molecule has 2 nitrogen and oxygen atoms in total. The number of hydrogen-bond acceptors (Lipinski definition) is 2. The summed E-state index contributed by atoms with van der Waals surface area (Å²) in [5.74, 6) is 0.685. The topological polar surface area (TPSA) is 29.5 Å². The zero-order valence-corrected chi connectivity index (χ0v) is 9.92. The van der Waals surface area contributed by atoms with Gasteiger partial charge < -0.3 is 9.84 Å². The summed E-state index contributed by atoms with van der Waals surface area (Å²) in [6, 6.07) is 0. The van der Waals surface area contributed by atoms with Gasteiger partial charge in [0.2, 0.25) is 0 Å². The molecule has 0 heterocycles. The van der Waals surface area contributed by atoms with Gasteiger partial charge >= 0.3 is 0 Å². The second kappa shape index (κ2) is 4.63. The van der Waals surface area contributed by atoms with Gasteiger partial charge in [0.15, 0.2) is 6.29 Å². The number of aliphatic hydroxyl groups excluding tert-OH is 1. The first-order chi connectivity index (χ1) is 6.48. The third kappa shape index (κ3) is 2.48. The molecule has 0 bridgehead atoms. The van der Waals surface area contributed by atoms with E-state index in [1.54, 1.807) is 0 Å². The van der Waals surface area contributed by atoms with E-state index in [9.17, 15) is 5.11 Å². The van der Waals surface area contributed by atoms with Crippen LogP contribution in [0, 0.1) is 11.8 Å². The maximum absolute atomic E-state index is 9.78. The first-order valence-corrected chi connectivity index (χ1v) is 5.84. The van der Waals surface area contributed by atoms with Crippen LogP contribution in [0.1, 0.15) is 53.4 Å². The van der Waals surface area contributed by atoms with Crippen molar-refractivity contribution in [3.05, 3.63) is 0 Å². The van der Waals surface area contributed by atoms with E-state index < -0.39 is 6.29 Å². The van der Waals surface area contributed by atoms with Crippen molar-refractivity contribution in [2.45, 2.75) is 65.3 Å². The van der Waals surface area contributed by atoms with E-state index in [4.69, 9.17) is 4.74 Å². The molecule has 0 aromatic heterocycles. The Bertz CT molecular complexity index is 169. The molecule has 1 saturated carbocycles. The zero-order chi connectivity index (χ0) is 10.8. The molecule has 84 valence electrons. The van der Waals surface area contributed by atoms with Crippen molar-refractivity contribution < 1.29 is 9.84 Å². The van der Waals surface area contributed by atoms with Crippen molar-refractivity contribution in [2.75, 3.05) is 0 Å². The average molecular weight is 200 g/mol. The molecule has 0 aromatic carbocycles. The van der Waals surface area contributed by atoms with Crippen molar-refractivity contribution >= 4 is 0 Å². The maximum Gasteiger partial charge on any atom is 0.157 e. The molecule has 1 rings (SSSR count). The first-order valence-electron chi connectivity index (χ1n) is 5.84. The smallest absolute Gasteiger partial charge is 0.157 e. The predicted octanol–water partition coefficient (Wildman–Crippen LogP) is 2.95. The molecule has 1 aliphatic rings. The van der Waals surface area contributed by atoms with Crippen molar-refractivity contribution in [1.29, 1.82) is 0 Å². The molecule has 1 unspecified atom stereocenters. The Balaban J connectivity index is 2.60. The minimum absolute atomic E-state index is 0.0519. The average Bonchev–Trinajstić information content (AvgIpc) is 2.53. The Morgan fingerprint density at radius 1 is 1.07 bits per heavy atom. The van der Waals surface area contributed by atoms with Crippen LogP contribution >= 0.6 is 0 Å². The van der Waals surface area contributed by atoms with Crippen LogP contribution in [0.25, 0.3) is 0 Å². The van der Waals surface area contributed by atoms with Crippen LogP contribution in [-0.4, -0.2) is 17.0 Å². The largest absolute Gasteiger partial charge is 0.368 e. The highest BCUT2D eigenvalue weighted by atomic mass is 16.6. The highest BCUT2D eigenvalue weighted by Gasteiger charge is 2.40. The van der Waals surface area contributed by atoms with Gasteiger partial charge in [-0.3, -0.25) is 0 Å². The van der Waals surface area contributed by atoms with Gasteiger partial charge in [-0.25, -0.2) is 0 Å². The second-order valence-electron chi connectivity index (χ2n) is 5.18. The van der Waals surface area contributed by atoms with Crippen LogP contribution in [0.5, 0.6) is 0 Å². The van der Waals surface area contributed by atoms with Gasteiger partial charge in [0.25, 0.3) is 0 Å². The summed E-state index contributed by atoms with van der Waals surface area (Å²) in [4.78, 5) is 0. The van der Waals surface area contributed by atoms with E-state index in [-0.39, 0.29) is 11.5 Å². The quantitative estimate of drug-likeness (QED) is 0.707. The van der Waals surface area contributed by atoms with Crippen LogP contribution < -0.4 is 0 Å². The fourth-order valence-corrected chi connectivity index (χ4v) is 2.18. The molecule has 1 aliphatic carbocycles. The molecule has 0 saturated heterocycles. The highest BCUT2D eigenvalue weighted by Crippen LogP contribution is 2.40. The van der Waals surface area contributed by atoms with Gasteiger partial charge in [-0.15, -0.1) is 0 Å². The number of ether oxygens (including phenoxy) is 1. The molecule has 0 spiro atoms. The highest BCUT2D eigenvalue weighted by molar-refractivity contribution is 4.89. The van der Waals surface area contributed by atoms with Crippen molar-refractivity contribution in [2.24, 2.45) is 11.8 Å². The van der Waals surface area contributed by atoms with Gasteiger partial charge in [-0.05, 0) is 18.8 Å². The summed E-state index contributed by atoms with van der Waals surface area (Å²) >= 11 is 0. The van der Waals surface area contributed by atoms with Crippen LogP contribution in [-0.2, 0) is 4.74 Å². The minimum atomic E-state index is -0.601. The van der Waals surface area contributed by atoms with Crippen LogP contribution in [0.2, 0.25) is 0 Å². The molecule has 1 N–H and O–H groups in total. The van der Waals surface area contributed by atoms with Gasteiger partial charge in [0.05, 0.1) is 5.60 Å². The van der Waals surface area contributed by atoms with E-state index >= 15 is 0 Å². The summed E-state index contributed by atoms with van der Waals surface area (Å²) in [6.07, 6.45) is 4.09. The lowest BCUT2D eigenvalue weighted by Gasteiger charge is -2.36. The predicted molar refractivity (Wildman–Crippen MR) is 58.0 cm³/mol. The van der Waals surface area contributed by atoms with E-state index in [2.05, 4.69) is 13.8 Å². The molecule has 1 atom stereocenters. The standard InChI is InChI=1S/C12H24O2/c1-9(2)11(13)14-12(10(3)4)7-5-6-8-12/h9-11,13H,5-8H2,1-4H3. The summed E-state index contributed by atoms with van der Waals surface area (Å²) in [5, 5.41) is 9.78. The molecule has 0 aliphatic heterocycles. The second-order valence-corrected chi connectivity index (χ2v) is 5.18. The summed E-state index contributed by atoms with van der Waals surface area (Å²) in [7, 11) is 0. The summed E-state index contributed by atoms with van der Waals surface area (Å²) < 4.78 is 5.88. The van der Waals surface area contributed by atoms with E-state index in [0.717, 1.165) is 12.8 Å². The van der Waals surface area contributed by atoms with Gasteiger partial charge in [0, 0.05) is 5.92 Å². The zero-order valence-electron chi connectivity index (χ0n) is 9.92. The fourth-order valence-electron chi connectivity index (χ4n) is 2.18. The monoisotopic (exact) mass is 200 g/mol. The van der Waals surface area contributed by atoms with E-state index in [0.29, 0.717) is 5.92 Å².